The molecule has 1 aromatic heterocycles. The van der Waals surface area contributed by atoms with Crippen molar-refractivity contribution in [1.82, 2.24) is 5.32 Å². The summed E-state index contributed by atoms with van der Waals surface area (Å²) in [6.07, 6.45) is 2.35. The standard InChI is InChI=1S/C19H19BrN2O2S/c1-2-24-11-5-10-22-19(23)14(13-21)12-15-8-9-18(25-15)16-6-3-4-7-17(16)20/h3-4,6-9,12H,2,5,10-11H2,1H3,(H,22,23)/b14-12+. The van der Waals surface area contributed by atoms with E-state index in [1.165, 1.54) is 11.3 Å². The third-order valence-corrected chi connectivity index (χ3v) is 5.13. The van der Waals surface area contributed by atoms with Crippen LogP contribution >= 0.6 is 27.3 Å². The Morgan fingerprint density at radius 3 is 2.88 bits per heavy atom. The molecule has 2 aromatic rings. The lowest BCUT2D eigenvalue weighted by atomic mass is 10.2. The van der Waals surface area contributed by atoms with Gasteiger partial charge in [0.05, 0.1) is 0 Å². The van der Waals surface area contributed by atoms with Crippen LogP contribution in [0.15, 0.2) is 46.4 Å². The van der Waals surface area contributed by atoms with Crippen molar-refractivity contribution < 1.29 is 9.53 Å². The van der Waals surface area contributed by atoms with Gasteiger partial charge in [-0.05, 0) is 37.6 Å². The van der Waals surface area contributed by atoms with Gasteiger partial charge in [-0.2, -0.15) is 5.26 Å². The van der Waals surface area contributed by atoms with Crippen LogP contribution in [-0.2, 0) is 9.53 Å². The van der Waals surface area contributed by atoms with Crippen LogP contribution in [0.3, 0.4) is 0 Å². The van der Waals surface area contributed by atoms with Crippen molar-refractivity contribution in [2.75, 3.05) is 19.8 Å². The molecule has 25 heavy (non-hydrogen) atoms. The van der Waals surface area contributed by atoms with Gasteiger partial charge in [-0.3, -0.25) is 4.79 Å². The van der Waals surface area contributed by atoms with E-state index in [2.05, 4.69) is 21.2 Å². The summed E-state index contributed by atoms with van der Waals surface area (Å²) in [5.41, 5.74) is 1.20. The summed E-state index contributed by atoms with van der Waals surface area (Å²) >= 11 is 5.08. The maximum absolute atomic E-state index is 12.1. The first-order valence-corrected chi connectivity index (χ1v) is 9.59. The van der Waals surface area contributed by atoms with Gasteiger partial charge < -0.3 is 10.1 Å². The molecule has 1 heterocycles. The zero-order chi connectivity index (χ0) is 18.1. The molecule has 0 unspecified atom stereocenters. The van der Waals surface area contributed by atoms with Crippen LogP contribution < -0.4 is 5.32 Å². The number of hydrogen-bond donors (Lipinski definition) is 1. The van der Waals surface area contributed by atoms with Gasteiger partial charge in [-0.15, -0.1) is 11.3 Å². The molecule has 1 N–H and O–H groups in total. The summed E-state index contributed by atoms with van der Waals surface area (Å²) in [6.45, 7) is 3.68. The Balaban J connectivity index is 2.04. The third-order valence-electron chi connectivity index (χ3n) is 3.37. The van der Waals surface area contributed by atoms with Gasteiger partial charge in [0.15, 0.2) is 0 Å². The van der Waals surface area contributed by atoms with Crippen LogP contribution in [0.1, 0.15) is 18.2 Å². The van der Waals surface area contributed by atoms with Crippen molar-refractivity contribution in [3.63, 3.8) is 0 Å². The van der Waals surface area contributed by atoms with Crippen LogP contribution in [0.5, 0.6) is 0 Å². The van der Waals surface area contributed by atoms with Crippen LogP contribution in [0.25, 0.3) is 16.5 Å². The highest BCUT2D eigenvalue weighted by atomic mass is 79.9. The lowest BCUT2D eigenvalue weighted by Gasteiger charge is -2.04. The van der Waals surface area contributed by atoms with E-state index in [4.69, 9.17) is 4.74 Å². The third kappa shape index (κ3) is 5.82. The smallest absolute Gasteiger partial charge is 0.261 e. The fourth-order valence-corrected chi connectivity index (χ4v) is 3.76. The molecule has 0 saturated carbocycles. The second kappa shape index (κ2) is 10.1. The molecular formula is C19H19BrN2O2S. The Bertz CT molecular complexity index is 793. The molecule has 4 nitrogen and oxygen atoms in total. The zero-order valence-electron chi connectivity index (χ0n) is 13.9. The molecule has 1 amide bonds. The molecule has 130 valence electrons. The lowest BCUT2D eigenvalue weighted by molar-refractivity contribution is -0.117. The van der Waals surface area contributed by atoms with Crippen molar-refractivity contribution in [1.29, 1.82) is 5.26 Å². The molecule has 0 aliphatic rings. The SMILES string of the molecule is CCOCCCNC(=O)/C(C#N)=C/c1ccc(-c2ccccc2Br)s1. The van der Waals surface area contributed by atoms with Crippen LogP contribution in [0.2, 0.25) is 0 Å². The molecule has 0 bridgehead atoms. The van der Waals surface area contributed by atoms with E-state index in [9.17, 15) is 10.1 Å². The number of hydrogen-bond acceptors (Lipinski definition) is 4. The topological polar surface area (TPSA) is 62.1 Å². The summed E-state index contributed by atoms with van der Waals surface area (Å²) in [4.78, 5) is 14.0. The summed E-state index contributed by atoms with van der Waals surface area (Å²) < 4.78 is 6.23. The fraction of sp³-hybridized carbons (Fsp3) is 0.263. The largest absolute Gasteiger partial charge is 0.382 e. The lowest BCUT2D eigenvalue weighted by Crippen LogP contribution is -2.26. The van der Waals surface area contributed by atoms with Gasteiger partial charge in [0.2, 0.25) is 0 Å². The average molecular weight is 419 g/mol. The minimum atomic E-state index is -0.352. The Labute approximate surface area is 160 Å². The minimum absolute atomic E-state index is 0.108. The summed E-state index contributed by atoms with van der Waals surface area (Å²) in [5.74, 6) is -0.352. The number of benzene rings is 1. The highest BCUT2D eigenvalue weighted by Crippen LogP contribution is 2.34. The number of rotatable bonds is 8. The van der Waals surface area contributed by atoms with Crippen molar-refractivity contribution >= 4 is 39.2 Å². The Kier molecular flexibility index (Phi) is 7.86. The van der Waals surface area contributed by atoms with Crippen LogP contribution in [0.4, 0.5) is 0 Å². The molecule has 6 heteroatoms. The van der Waals surface area contributed by atoms with E-state index < -0.39 is 0 Å². The number of nitrogens with one attached hydrogen (secondary N) is 1. The van der Waals surface area contributed by atoms with Crippen molar-refractivity contribution in [3.05, 3.63) is 51.3 Å². The molecule has 0 aliphatic carbocycles. The van der Waals surface area contributed by atoms with Gasteiger partial charge in [-0.25, -0.2) is 0 Å². The number of ether oxygens (including phenoxy) is 1. The Hall–Kier alpha value is -1.94. The van der Waals surface area contributed by atoms with Gasteiger partial charge in [-0.1, -0.05) is 34.1 Å². The molecule has 1 aromatic carbocycles. The molecule has 0 spiro atoms. The first-order valence-electron chi connectivity index (χ1n) is 7.98. The molecule has 0 saturated heterocycles. The second-order valence-electron chi connectivity index (χ2n) is 5.16. The molecular weight excluding hydrogens is 400 g/mol. The summed E-state index contributed by atoms with van der Waals surface area (Å²) in [7, 11) is 0. The monoisotopic (exact) mass is 418 g/mol. The first kappa shape index (κ1) is 19.4. The van der Waals surface area contributed by atoms with E-state index in [-0.39, 0.29) is 11.5 Å². The normalized spacial score (nSPS) is 11.2. The van der Waals surface area contributed by atoms with Gasteiger partial charge in [0, 0.05) is 39.5 Å². The molecule has 0 atom stereocenters. The van der Waals surface area contributed by atoms with E-state index >= 15 is 0 Å². The van der Waals surface area contributed by atoms with E-state index in [1.807, 2.05) is 49.4 Å². The van der Waals surface area contributed by atoms with Crippen molar-refractivity contribution in [2.24, 2.45) is 0 Å². The van der Waals surface area contributed by atoms with Crippen LogP contribution in [-0.4, -0.2) is 25.7 Å². The highest BCUT2D eigenvalue weighted by Gasteiger charge is 2.10. The predicted octanol–water partition coefficient (Wildman–Crippen LogP) is 4.63. The average Bonchev–Trinajstić information content (AvgIpc) is 3.08. The highest BCUT2D eigenvalue weighted by molar-refractivity contribution is 9.10. The maximum Gasteiger partial charge on any atom is 0.261 e. The second-order valence-corrected chi connectivity index (χ2v) is 7.13. The number of nitrogens with zero attached hydrogens (tertiary/aromatic N) is 1. The number of carbonyl (C=O) groups excluding carboxylic acids is 1. The Morgan fingerprint density at radius 1 is 1.36 bits per heavy atom. The van der Waals surface area contributed by atoms with E-state index in [0.29, 0.717) is 19.8 Å². The maximum atomic E-state index is 12.1. The number of carbonyl (C=O) groups is 1. The number of amides is 1. The van der Waals surface area contributed by atoms with Gasteiger partial charge >= 0.3 is 0 Å². The molecule has 2 rings (SSSR count). The summed E-state index contributed by atoms with van der Waals surface area (Å²) in [6, 6.07) is 13.8. The first-order chi connectivity index (χ1) is 12.2. The quantitative estimate of drug-likeness (QED) is 0.386. The predicted molar refractivity (Wildman–Crippen MR) is 105 cm³/mol. The van der Waals surface area contributed by atoms with Crippen LogP contribution in [0, 0.1) is 11.3 Å². The number of halogens is 1. The molecule has 0 radical (unpaired) electrons. The van der Waals surface area contributed by atoms with Crippen molar-refractivity contribution in [2.45, 2.75) is 13.3 Å². The molecule has 0 fully saturated rings. The molecule has 0 aliphatic heterocycles. The van der Waals surface area contributed by atoms with Gasteiger partial charge in [0.1, 0.15) is 11.6 Å². The minimum Gasteiger partial charge on any atom is -0.382 e. The van der Waals surface area contributed by atoms with Crippen molar-refractivity contribution in [3.8, 4) is 16.5 Å². The zero-order valence-corrected chi connectivity index (χ0v) is 16.3. The van der Waals surface area contributed by atoms with E-state index in [0.717, 1.165) is 26.2 Å². The number of thiophene rings is 1. The Morgan fingerprint density at radius 2 is 2.16 bits per heavy atom. The fourth-order valence-electron chi connectivity index (χ4n) is 2.14. The summed E-state index contributed by atoms with van der Waals surface area (Å²) in [5, 5.41) is 12.0. The number of nitriles is 1. The van der Waals surface area contributed by atoms with Gasteiger partial charge in [0.25, 0.3) is 5.91 Å². The van der Waals surface area contributed by atoms with E-state index in [1.54, 1.807) is 6.08 Å².